The van der Waals surface area contributed by atoms with Crippen LogP contribution in [-0.2, 0) is 0 Å². The number of nitrogens with one attached hydrogen (secondary N) is 1. The molecular weight excluding hydrogens is 214 g/mol. The molecule has 0 aliphatic heterocycles. The molecular formula is C10H16ClN3O. The number of aromatic amines is 1. The maximum Gasteiger partial charge on any atom is 0.290 e. The highest BCUT2D eigenvalue weighted by Gasteiger charge is 2.14. The Hall–Kier alpha value is -1.03. The van der Waals surface area contributed by atoms with Gasteiger partial charge in [0.25, 0.3) is 5.56 Å². The minimum absolute atomic E-state index is 0.152. The number of aromatic nitrogens is 2. The lowest BCUT2D eigenvalue weighted by molar-refractivity contribution is 0.658. The second-order valence-electron chi connectivity index (χ2n) is 3.57. The lowest BCUT2D eigenvalue weighted by Crippen LogP contribution is -2.36. The summed E-state index contributed by atoms with van der Waals surface area (Å²) in [5.41, 5.74) is -0.152. The Kier molecular flexibility index (Phi) is 4.62. The molecule has 0 aliphatic rings. The Balaban J connectivity index is 2.89. The van der Waals surface area contributed by atoms with Crippen molar-refractivity contribution in [1.82, 2.24) is 9.97 Å². The molecule has 0 unspecified atom stereocenters. The molecule has 84 valence electrons. The number of rotatable bonds is 5. The van der Waals surface area contributed by atoms with E-state index in [1.807, 2.05) is 18.7 Å². The van der Waals surface area contributed by atoms with Crippen molar-refractivity contribution in [3.8, 4) is 0 Å². The zero-order chi connectivity index (χ0) is 11.3. The number of H-pyrrole nitrogens is 1. The van der Waals surface area contributed by atoms with Crippen LogP contribution >= 0.6 is 11.6 Å². The van der Waals surface area contributed by atoms with Crippen molar-refractivity contribution in [2.24, 2.45) is 0 Å². The third-order valence-electron chi connectivity index (χ3n) is 2.12. The maximum absolute atomic E-state index is 11.5. The molecule has 0 spiro atoms. The van der Waals surface area contributed by atoms with Gasteiger partial charge in [-0.25, -0.2) is 4.98 Å². The lowest BCUT2D eigenvalue weighted by Gasteiger charge is -2.26. The van der Waals surface area contributed by atoms with E-state index in [4.69, 9.17) is 11.6 Å². The summed E-state index contributed by atoms with van der Waals surface area (Å²) >= 11 is 5.64. The summed E-state index contributed by atoms with van der Waals surface area (Å²) in [5, 5.41) is 0. The van der Waals surface area contributed by atoms with Crippen LogP contribution in [0.4, 0.5) is 5.82 Å². The number of hydrogen-bond donors (Lipinski definition) is 1. The minimum Gasteiger partial charge on any atom is -0.350 e. The topological polar surface area (TPSA) is 49.0 Å². The quantitative estimate of drug-likeness (QED) is 0.781. The molecule has 0 atom stereocenters. The third kappa shape index (κ3) is 3.23. The SMILES string of the molecule is CC(C)N(CCCCl)c1ncc[nH]c1=O. The van der Waals surface area contributed by atoms with E-state index in [-0.39, 0.29) is 11.6 Å². The van der Waals surface area contributed by atoms with Crippen molar-refractivity contribution in [3.63, 3.8) is 0 Å². The van der Waals surface area contributed by atoms with Crippen molar-refractivity contribution < 1.29 is 0 Å². The average molecular weight is 230 g/mol. The molecule has 0 saturated heterocycles. The van der Waals surface area contributed by atoms with Crippen molar-refractivity contribution >= 4 is 17.4 Å². The fourth-order valence-electron chi connectivity index (χ4n) is 1.39. The second-order valence-corrected chi connectivity index (χ2v) is 3.95. The van der Waals surface area contributed by atoms with Crippen LogP contribution in [-0.4, -0.2) is 28.4 Å². The van der Waals surface area contributed by atoms with Crippen LogP contribution in [0.3, 0.4) is 0 Å². The molecule has 4 nitrogen and oxygen atoms in total. The first-order chi connectivity index (χ1) is 7.16. The second kappa shape index (κ2) is 5.75. The van der Waals surface area contributed by atoms with E-state index in [2.05, 4.69) is 9.97 Å². The van der Waals surface area contributed by atoms with Gasteiger partial charge in [-0.2, -0.15) is 0 Å². The lowest BCUT2D eigenvalue weighted by atomic mass is 10.3. The molecule has 1 aromatic rings. The van der Waals surface area contributed by atoms with Crippen molar-refractivity contribution in [3.05, 3.63) is 22.7 Å². The summed E-state index contributed by atoms with van der Waals surface area (Å²) in [6.45, 7) is 4.81. The molecule has 0 amide bonds. The van der Waals surface area contributed by atoms with E-state index in [0.29, 0.717) is 11.7 Å². The van der Waals surface area contributed by atoms with E-state index in [9.17, 15) is 4.79 Å². The third-order valence-corrected chi connectivity index (χ3v) is 2.38. The molecule has 0 fully saturated rings. The van der Waals surface area contributed by atoms with Gasteiger partial charge in [0.15, 0.2) is 5.82 Å². The smallest absolute Gasteiger partial charge is 0.290 e. The molecule has 1 aromatic heterocycles. The monoisotopic (exact) mass is 229 g/mol. The first kappa shape index (κ1) is 12.0. The van der Waals surface area contributed by atoms with Gasteiger partial charge in [0.05, 0.1) is 0 Å². The number of anilines is 1. The molecule has 1 heterocycles. The maximum atomic E-state index is 11.5. The number of hydrogen-bond acceptors (Lipinski definition) is 3. The van der Waals surface area contributed by atoms with Gasteiger partial charge in [0, 0.05) is 30.9 Å². The first-order valence-electron chi connectivity index (χ1n) is 5.03. The molecule has 15 heavy (non-hydrogen) atoms. The normalized spacial score (nSPS) is 10.7. The molecule has 0 bridgehead atoms. The molecule has 0 radical (unpaired) electrons. The van der Waals surface area contributed by atoms with Crippen LogP contribution < -0.4 is 10.5 Å². The van der Waals surface area contributed by atoms with Gasteiger partial charge in [-0.05, 0) is 20.3 Å². The highest BCUT2D eigenvalue weighted by atomic mass is 35.5. The first-order valence-corrected chi connectivity index (χ1v) is 5.56. The average Bonchev–Trinajstić information content (AvgIpc) is 2.20. The number of alkyl halides is 1. The predicted molar refractivity (Wildman–Crippen MR) is 62.7 cm³/mol. The largest absolute Gasteiger partial charge is 0.350 e. The summed E-state index contributed by atoms with van der Waals surface area (Å²) in [7, 11) is 0. The van der Waals surface area contributed by atoms with Crippen LogP contribution in [0.1, 0.15) is 20.3 Å². The zero-order valence-electron chi connectivity index (χ0n) is 9.03. The number of nitrogens with zero attached hydrogens (tertiary/aromatic N) is 2. The van der Waals surface area contributed by atoms with Crippen molar-refractivity contribution in [2.45, 2.75) is 26.3 Å². The Bertz CT molecular complexity index is 351. The van der Waals surface area contributed by atoms with Gasteiger partial charge in [-0.1, -0.05) is 0 Å². The van der Waals surface area contributed by atoms with Gasteiger partial charge in [0.1, 0.15) is 0 Å². The van der Waals surface area contributed by atoms with Crippen LogP contribution in [0.5, 0.6) is 0 Å². The van der Waals surface area contributed by atoms with E-state index in [0.717, 1.165) is 13.0 Å². The van der Waals surface area contributed by atoms with Crippen LogP contribution in [0, 0.1) is 0 Å². The van der Waals surface area contributed by atoms with Crippen LogP contribution in [0.25, 0.3) is 0 Å². The van der Waals surface area contributed by atoms with Crippen LogP contribution in [0.2, 0.25) is 0 Å². The zero-order valence-corrected chi connectivity index (χ0v) is 9.79. The standard InChI is InChI=1S/C10H16ClN3O/c1-8(2)14(7-3-4-11)9-10(15)13-6-5-12-9/h5-6,8H,3-4,7H2,1-2H3,(H,13,15). The van der Waals surface area contributed by atoms with Crippen LogP contribution in [0.15, 0.2) is 17.2 Å². The van der Waals surface area contributed by atoms with E-state index in [1.54, 1.807) is 6.20 Å². The fraction of sp³-hybridized carbons (Fsp3) is 0.600. The highest BCUT2D eigenvalue weighted by Crippen LogP contribution is 2.08. The Morgan fingerprint density at radius 3 is 2.87 bits per heavy atom. The van der Waals surface area contributed by atoms with Crippen molar-refractivity contribution in [2.75, 3.05) is 17.3 Å². The van der Waals surface area contributed by atoms with E-state index >= 15 is 0 Å². The van der Waals surface area contributed by atoms with E-state index in [1.165, 1.54) is 6.20 Å². The minimum atomic E-state index is -0.152. The number of halogens is 1. The Labute approximate surface area is 94.3 Å². The summed E-state index contributed by atoms with van der Waals surface area (Å²) in [6.07, 6.45) is 3.97. The summed E-state index contributed by atoms with van der Waals surface area (Å²) in [4.78, 5) is 20.2. The molecule has 0 aromatic carbocycles. The van der Waals surface area contributed by atoms with Gasteiger partial charge in [-0.15, -0.1) is 11.6 Å². The fourth-order valence-corrected chi connectivity index (χ4v) is 1.51. The van der Waals surface area contributed by atoms with Gasteiger partial charge >= 0.3 is 0 Å². The highest BCUT2D eigenvalue weighted by molar-refractivity contribution is 6.17. The van der Waals surface area contributed by atoms with Gasteiger partial charge in [-0.3, -0.25) is 4.79 Å². The van der Waals surface area contributed by atoms with Crippen molar-refractivity contribution in [1.29, 1.82) is 0 Å². The molecule has 1 rings (SSSR count). The molecule has 0 saturated carbocycles. The van der Waals surface area contributed by atoms with Gasteiger partial charge < -0.3 is 9.88 Å². The Morgan fingerprint density at radius 1 is 1.60 bits per heavy atom. The molecule has 5 heteroatoms. The summed E-state index contributed by atoms with van der Waals surface area (Å²) < 4.78 is 0. The summed E-state index contributed by atoms with van der Waals surface area (Å²) in [6, 6.07) is 0.240. The molecule has 0 aliphatic carbocycles. The predicted octanol–water partition coefficient (Wildman–Crippen LogP) is 1.61. The van der Waals surface area contributed by atoms with E-state index < -0.39 is 0 Å². The summed E-state index contributed by atoms with van der Waals surface area (Å²) in [5.74, 6) is 1.06. The van der Waals surface area contributed by atoms with Gasteiger partial charge in [0.2, 0.25) is 0 Å². The Morgan fingerprint density at radius 2 is 2.33 bits per heavy atom. The molecule has 1 N–H and O–H groups in total.